The molecule has 1 aromatic heterocycles. The predicted octanol–water partition coefficient (Wildman–Crippen LogP) is 5.63. The normalized spacial score (nSPS) is 14.6. The number of halogens is 1. The number of nitrogens with zero attached hydrogens (tertiary/aromatic N) is 2. The van der Waals surface area contributed by atoms with E-state index >= 15 is 0 Å². The molecule has 174 valence electrons. The van der Waals surface area contributed by atoms with Crippen molar-refractivity contribution in [2.24, 2.45) is 0 Å². The average Bonchev–Trinajstić information content (AvgIpc) is 3.35. The molecule has 4 rings (SSSR count). The van der Waals surface area contributed by atoms with Gasteiger partial charge in [-0.15, -0.1) is 11.3 Å². The third kappa shape index (κ3) is 6.24. The summed E-state index contributed by atoms with van der Waals surface area (Å²) in [4.78, 5) is 32.5. The molecular formula is C24H20ClN3O3S3. The molecule has 1 fully saturated rings. The minimum Gasteiger partial charge on any atom is -0.494 e. The number of nitrogens with one attached hydrogen (secondary N) is 1. The number of carbonyl (C=O) groups is 2. The van der Waals surface area contributed by atoms with Crippen molar-refractivity contribution in [2.75, 3.05) is 18.5 Å². The fraction of sp³-hybridized carbons (Fsp3) is 0.167. The lowest BCUT2D eigenvalue weighted by Crippen LogP contribution is -2.36. The Labute approximate surface area is 216 Å². The number of carbonyl (C=O) groups excluding carboxylic acids is 2. The van der Waals surface area contributed by atoms with E-state index in [2.05, 4.69) is 10.3 Å². The van der Waals surface area contributed by atoms with Crippen LogP contribution in [0.25, 0.3) is 6.08 Å². The zero-order chi connectivity index (χ0) is 24.1. The van der Waals surface area contributed by atoms with E-state index in [-0.39, 0.29) is 18.4 Å². The Hall–Kier alpha value is -2.72. The fourth-order valence-corrected chi connectivity index (χ4v) is 5.41. The molecule has 0 saturated carbocycles. The molecule has 34 heavy (non-hydrogen) atoms. The van der Waals surface area contributed by atoms with Gasteiger partial charge in [-0.3, -0.25) is 14.5 Å². The number of thioether (sulfide) groups is 1. The summed E-state index contributed by atoms with van der Waals surface area (Å²) in [5.41, 5.74) is 1.95. The van der Waals surface area contributed by atoms with Gasteiger partial charge >= 0.3 is 0 Å². The van der Waals surface area contributed by atoms with Crippen LogP contribution in [-0.2, 0) is 16.0 Å². The molecule has 1 saturated heterocycles. The second-order valence-electron chi connectivity index (χ2n) is 7.25. The molecule has 2 amide bonds. The summed E-state index contributed by atoms with van der Waals surface area (Å²) >= 11 is 13.8. The third-order valence-electron chi connectivity index (χ3n) is 4.76. The van der Waals surface area contributed by atoms with Crippen LogP contribution in [0.5, 0.6) is 5.75 Å². The maximum Gasteiger partial charge on any atom is 0.266 e. The van der Waals surface area contributed by atoms with Crippen LogP contribution in [-0.4, -0.2) is 39.2 Å². The van der Waals surface area contributed by atoms with Gasteiger partial charge in [0.2, 0.25) is 5.91 Å². The van der Waals surface area contributed by atoms with Gasteiger partial charge in [0.1, 0.15) is 16.6 Å². The molecule has 0 radical (unpaired) electrons. The number of thiocarbonyl (C=S) groups is 1. The van der Waals surface area contributed by atoms with E-state index in [1.165, 1.54) is 28.0 Å². The highest BCUT2D eigenvalue weighted by Crippen LogP contribution is 2.33. The van der Waals surface area contributed by atoms with Gasteiger partial charge in [0.15, 0.2) is 5.13 Å². The number of aromatic nitrogens is 1. The minimum atomic E-state index is -0.356. The molecule has 1 N–H and O–H groups in total. The molecule has 2 heterocycles. The Kier molecular flexibility index (Phi) is 7.99. The predicted molar refractivity (Wildman–Crippen MR) is 142 cm³/mol. The standard InChI is InChI=1S/C24H20ClN3O3S3/c1-2-31-18-9-5-16(6-10-18)12-20-22(30)28(24(32)34-20)14-21(29)27-23-26-13-19(33-23)11-15-3-7-17(25)8-4-15/h3-10,12-13H,2,11,14H2,1H3,(H,26,27,29)/b20-12-. The van der Waals surface area contributed by atoms with Crippen molar-refractivity contribution in [2.45, 2.75) is 13.3 Å². The summed E-state index contributed by atoms with van der Waals surface area (Å²) in [5, 5.41) is 3.92. The van der Waals surface area contributed by atoms with Crippen LogP contribution < -0.4 is 10.1 Å². The first-order valence-electron chi connectivity index (χ1n) is 10.4. The monoisotopic (exact) mass is 529 g/mol. The summed E-state index contributed by atoms with van der Waals surface area (Å²) in [6.07, 6.45) is 4.18. The van der Waals surface area contributed by atoms with Crippen LogP contribution in [0, 0.1) is 0 Å². The van der Waals surface area contributed by atoms with Crippen molar-refractivity contribution in [3.05, 3.63) is 80.7 Å². The minimum absolute atomic E-state index is 0.169. The van der Waals surface area contributed by atoms with E-state index in [4.69, 9.17) is 28.6 Å². The fourth-order valence-electron chi connectivity index (χ4n) is 3.17. The molecule has 0 atom stereocenters. The quantitative estimate of drug-likeness (QED) is 0.301. The lowest BCUT2D eigenvalue weighted by atomic mass is 10.1. The van der Waals surface area contributed by atoms with Crippen LogP contribution >= 0.6 is 46.9 Å². The molecule has 6 nitrogen and oxygen atoms in total. The number of rotatable bonds is 8. The van der Waals surface area contributed by atoms with Gasteiger partial charge in [-0.1, -0.05) is 59.8 Å². The number of benzene rings is 2. The number of anilines is 1. The maximum atomic E-state index is 12.8. The van der Waals surface area contributed by atoms with Crippen LogP contribution in [0.15, 0.2) is 59.6 Å². The van der Waals surface area contributed by atoms with Crippen molar-refractivity contribution >= 4 is 74.3 Å². The topological polar surface area (TPSA) is 71.5 Å². The van der Waals surface area contributed by atoms with Gasteiger partial charge in [0.25, 0.3) is 5.91 Å². The van der Waals surface area contributed by atoms with Crippen LogP contribution in [0.1, 0.15) is 22.9 Å². The van der Waals surface area contributed by atoms with E-state index in [9.17, 15) is 9.59 Å². The maximum absolute atomic E-state index is 12.8. The van der Waals surface area contributed by atoms with E-state index < -0.39 is 0 Å². The Bertz CT molecular complexity index is 1240. The highest BCUT2D eigenvalue weighted by molar-refractivity contribution is 8.26. The van der Waals surface area contributed by atoms with Gasteiger partial charge < -0.3 is 10.1 Å². The molecule has 1 aliphatic rings. The molecule has 0 bridgehead atoms. The first-order valence-corrected chi connectivity index (χ1v) is 12.8. The second kappa shape index (κ2) is 11.1. The van der Waals surface area contributed by atoms with Gasteiger partial charge in [0.05, 0.1) is 11.5 Å². The SMILES string of the molecule is CCOc1ccc(/C=C2\SC(=S)N(CC(=O)Nc3ncc(Cc4ccc(Cl)cc4)s3)C2=O)cc1. The van der Waals surface area contributed by atoms with E-state index in [0.717, 1.165) is 21.8 Å². The Morgan fingerprint density at radius 3 is 2.65 bits per heavy atom. The molecule has 3 aromatic rings. The lowest BCUT2D eigenvalue weighted by Gasteiger charge is -2.13. The molecular weight excluding hydrogens is 510 g/mol. The van der Waals surface area contributed by atoms with E-state index in [0.29, 0.717) is 32.4 Å². The lowest BCUT2D eigenvalue weighted by molar-refractivity contribution is -0.126. The largest absolute Gasteiger partial charge is 0.494 e. The average molecular weight is 530 g/mol. The molecule has 1 aliphatic heterocycles. The summed E-state index contributed by atoms with van der Waals surface area (Å²) in [6.45, 7) is 2.34. The van der Waals surface area contributed by atoms with Gasteiger partial charge in [-0.25, -0.2) is 4.98 Å². The Balaban J connectivity index is 1.35. The van der Waals surface area contributed by atoms with E-state index in [1.807, 2.05) is 55.5 Å². The van der Waals surface area contributed by atoms with E-state index in [1.54, 1.807) is 12.3 Å². The van der Waals surface area contributed by atoms with Gasteiger partial charge in [0, 0.05) is 22.5 Å². The summed E-state index contributed by atoms with van der Waals surface area (Å²) in [5.74, 6) is 0.120. The van der Waals surface area contributed by atoms with Crippen molar-refractivity contribution in [1.29, 1.82) is 0 Å². The number of thiazole rings is 1. The zero-order valence-corrected chi connectivity index (χ0v) is 21.3. The number of ether oxygens (including phenoxy) is 1. The molecule has 2 aromatic carbocycles. The first-order chi connectivity index (χ1) is 16.4. The second-order valence-corrected chi connectivity index (χ2v) is 10.5. The van der Waals surface area contributed by atoms with Crippen LogP contribution in [0.3, 0.4) is 0 Å². The van der Waals surface area contributed by atoms with Gasteiger partial charge in [-0.2, -0.15) is 0 Å². The number of hydrogen-bond acceptors (Lipinski definition) is 7. The summed E-state index contributed by atoms with van der Waals surface area (Å²) in [6, 6.07) is 15.0. The van der Waals surface area contributed by atoms with Crippen molar-refractivity contribution in [3.8, 4) is 5.75 Å². The Morgan fingerprint density at radius 2 is 1.94 bits per heavy atom. The van der Waals surface area contributed by atoms with Gasteiger partial charge in [-0.05, 0) is 48.4 Å². The molecule has 0 aliphatic carbocycles. The highest BCUT2D eigenvalue weighted by Gasteiger charge is 2.33. The molecule has 0 unspecified atom stereocenters. The van der Waals surface area contributed by atoms with Crippen LogP contribution in [0.2, 0.25) is 5.02 Å². The Morgan fingerprint density at radius 1 is 1.21 bits per heavy atom. The third-order valence-corrected chi connectivity index (χ3v) is 7.30. The number of hydrogen-bond donors (Lipinski definition) is 1. The van der Waals surface area contributed by atoms with Crippen molar-refractivity contribution in [1.82, 2.24) is 9.88 Å². The van der Waals surface area contributed by atoms with Crippen molar-refractivity contribution < 1.29 is 14.3 Å². The number of amides is 2. The molecule has 10 heteroatoms. The highest BCUT2D eigenvalue weighted by atomic mass is 35.5. The first kappa shape index (κ1) is 24.4. The zero-order valence-electron chi connectivity index (χ0n) is 18.1. The smallest absolute Gasteiger partial charge is 0.266 e. The molecule has 0 spiro atoms. The summed E-state index contributed by atoms with van der Waals surface area (Å²) in [7, 11) is 0. The van der Waals surface area contributed by atoms with Crippen LogP contribution in [0.4, 0.5) is 5.13 Å². The van der Waals surface area contributed by atoms with Crippen molar-refractivity contribution in [3.63, 3.8) is 0 Å². The summed E-state index contributed by atoms with van der Waals surface area (Å²) < 4.78 is 5.79.